The van der Waals surface area contributed by atoms with Crippen LogP contribution in [-0.4, -0.2) is 35.3 Å². The lowest BCUT2D eigenvalue weighted by Crippen LogP contribution is -2.37. The monoisotopic (exact) mass is 314 g/mol. The van der Waals surface area contributed by atoms with Gasteiger partial charge in [-0.05, 0) is 18.2 Å². The second kappa shape index (κ2) is 5.05. The molecule has 1 aliphatic heterocycles. The predicted octanol–water partition coefficient (Wildman–Crippen LogP) is 0.726. The number of aliphatic hydroxyl groups is 1. The summed E-state index contributed by atoms with van der Waals surface area (Å²) in [7, 11) is 1.38. The van der Waals surface area contributed by atoms with Crippen LogP contribution in [0.15, 0.2) is 28.7 Å². The maximum atomic E-state index is 11.9. The zero-order valence-corrected chi connectivity index (χ0v) is 11.0. The number of hydrogen-bond acceptors (Lipinski definition) is 5. The molecule has 0 aliphatic carbocycles. The van der Waals surface area contributed by atoms with Crippen molar-refractivity contribution in [2.45, 2.75) is 6.23 Å². The van der Waals surface area contributed by atoms with E-state index < -0.39 is 24.0 Å². The standard InChI is InChI=1S/C11H11BrN2O4/c1-14-10(16)8(11(17)18-14)9(15)13-7-4-2-3-6(12)5-7/h2-5,8,10,16H,1H3,(H,13,15). The molecule has 0 spiro atoms. The van der Waals surface area contributed by atoms with Crippen molar-refractivity contribution in [3.8, 4) is 0 Å². The van der Waals surface area contributed by atoms with E-state index in [9.17, 15) is 14.7 Å². The molecule has 2 rings (SSSR count). The SMILES string of the molecule is CN1OC(=O)C(C(=O)Nc2cccc(Br)c2)C1O. The summed E-state index contributed by atoms with van der Waals surface area (Å²) in [6, 6.07) is 6.92. The van der Waals surface area contributed by atoms with Gasteiger partial charge in [-0.3, -0.25) is 4.79 Å². The fourth-order valence-electron chi connectivity index (χ4n) is 1.61. The van der Waals surface area contributed by atoms with Gasteiger partial charge in [0.05, 0.1) is 0 Å². The molecule has 1 heterocycles. The third-order valence-electron chi connectivity index (χ3n) is 2.53. The van der Waals surface area contributed by atoms with E-state index in [2.05, 4.69) is 26.1 Å². The van der Waals surface area contributed by atoms with Gasteiger partial charge in [-0.1, -0.05) is 22.0 Å². The predicted molar refractivity (Wildman–Crippen MR) is 66.1 cm³/mol. The average molecular weight is 315 g/mol. The smallest absolute Gasteiger partial charge is 0.341 e. The number of aliphatic hydroxyl groups excluding tert-OH is 1. The van der Waals surface area contributed by atoms with E-state index in [1.165, 1.54) is 7.05 Å². The molecule has 6 nitrogen and oxygen atoms in total. The minimum atomic E-state index is -1.27. The van der Waals surface area contributed by atoms with Crippen molar-refractivity contribution in [2.75, 3.05) is 12.4 Å². The van der Waals surface area contributed by atoms with Gasteiger partial charge in [-0.15, -0.1) is 5.06 Å². The molecule has 1 fully saturated rings. The Morgan fingerprint density at radius 2 is 2.28 bits per heavy atom. The third kappa shape index (κ3) is 2.53. The molecule has 2 unspecified atom stereocenters. The fourth-order valence-corrected chi connectivity index (χ4v) is 2.01. The number of nitrogens with zero attached hydrogens (tertiary/aromatic N) is 1. The molecule has 96 valence electrons. The summed E-state index contributed by atoms with van der Waals surface area (Å²) in [5.74, 6) is -2.61. The molecule has 18 heavy (non-hydrogen) atoms. The highest BCUT2D eigenvalue weighted by Crippen LogP contribution is 2.22. The lowest BCUT2D eigenvalue weighted by atomic mass is 10.1. The number of hydroxylamine groups is 2. The van der Waals surface area contributed by atoms with Crippen LogP contribution in [0.1, 0.15) is 0 Å². The van der Waals surface area contributed by atoms with E-state index >= 15 is 0 Å². The molecule has 2 N–H and O–H groups in total. The van der Waals surface area contributed by atoms with E-state index in [1.807, 2.05) is 6.07 Å². The highest BCUT2D eigenvalue weighted by molar-refractivity contribution is 9.10. The molecule has 0 saturated carbocycles. The highest BCUT2D eigenvalue weighted by atomic mass is 79.9. The zero-order valence-electron chi connectivity index (χ0n) is 9.46. The first kappa shape index (κ1) is 13.0. The van der Waals surface area contributed by atoms with E-state index in [1.54, 1.807) is 18.2 Å². The van der Waals surface area contributed by atoms with Gasteiger partial charge in [-0.2, -0.15) is 0 Å². The van der Waals surface area contributed by atoms with Crippen LogP contribution in [0.2, 0.25) is 0 Å². The molecule has 2 atom stereocenters. The van der Waals surface area contributed by atoms with Crippen molar-refractivity contribution in [1.82, 2.24) is 5.06 Å². The summed E-state index contributed by atoms with van der Waals surface area (Å²) in [5, 5.41) is 13.1. The number of rotatable bonds is 2. The minimum absolute atomic E-state index is 0.531. The van der Waals surface area contributed by atoms with Gasteiger partial charge >= 0.3 is 5.97 Å². The van der Waals surface area contributed by atoms with Crippen LogP contribution >= 0.6 is 15.9 Å². The first-order valence-corrected chi connectivity index (χ1v) is 5.97. The fraction of sp³-hybridized carbons (Fsp3) is 0.273. The topological polar surface area (TPSA) is 78.9 Å². The first-order chi connectivity index (χ1) is 8.49. The van der Waals surface area contributed by atoms with Gasteiger partial charge in [0.1, 0.15) is 0 Å². The van der Waals surface area contributed by atoms with Crippen molar-refractivity contribution in [3.63, 3.8) is 0 Å². The van der Waals surface area contributed by atoms with Gasteiger partial charge in [0.15, 0.2) is 12.1 Å². The van der Waals surface area contributed by atoms with Crippen LogP contribution in [0, 0.1) is 5.92 Å². The van der Waals surface area contributed by atoms with Gasteiger partial charge in [0.25, 0.3) is 0 Å². The van der Waals surface area contributed by atoms with Crippen LogP contribution in [0.4, 0.5) is 5.69 Å². The Morgan fingerprint density at radius 1 is 1.56 bits per heavy atom. The lowest BCUT2D eigenvalue weighted by molar-refractivity contribution is -0.183. The van der Waals surface area contributed by atoms with Gasteiger partial charge in [0, 0.05) is 17.2 Å². The summed E-state index contributed by atoms with van der Waals surface area (Å²) < 4.78 is 0.798. The Morgan fingerprint density at radius 3 is 2.83 bits per heavy atom. The maximum Gasteiger partial charge on any atom is 0.341 e. The van der Waals surface area contributed by atoms with E-state index in [-0.39, 0.29) is 0 Å². The zero-order chi connectivity index (χ0) is 13.3. The van der Waals surface area contributed by atoms with Gasteiger partial charge < -0.3 is 15.3 Å². The molecule has 7 heteroatoms. The molecule has 1 aliphatic rings. The van der Waals surface area contributed by atoms with Crippen molar-refractivity contribution >= 4 is 33.5 Å². The second-order valence-electron chi connectivity index (χ2n) is 3.85. The Labute approximate surface area is 112 Å². The summed E-state index contributed by atoms with van der Waals surface area (Å²) in [4.78, 5) is 27.9. The number of benzene rings is 1. The number of anilines is 1. The molecular weight excluding hydrogens is 304 g/mol. The Balaban J connectivity index is 2.11. The van der Waals surface area contributed by atoms with Crippen molar-refractivity contribution in [3.05, 3.63) is 28.7 Å². The quantitative estimate of drug-likeness (QED) is 0.787. The summed E-state index contributed by atoms with van der Waals surface area (Å²) in [5.41, 5.74) is 0.531. The van der Waals surface area contributed by atoms with Gasteiger partial charge in [0.2, 0.25) is 5.91 Å². The molecule has 0 aromatic heterocycles. The summed E-state index contributed by atoms with van der Waals surface area (Å²) in [6.07, 6.45) is -1.27. The highest BCUT2D eigenvalue weighted by Gasteiger charge is 2.45. The first-order valence-electron chi connectivity index (χ1n) is 5.18. The number of amides is 1. The van der Waals surface area contributed by atoms with E-state index in [4.69, 9.17) is 0 Å². The summed E-state index contributed by atoms with van der Waals surface area (Å²) in [6.45, 7) is 0. The maximum absolute atomic E-state index is 11.9. The third-order valence-corrected chi connectivity index (χ3v) is 3.03. The molecule has 1 saturated heterocycles. The largest absolute Gasteiger partial charge is 0.374 e. The van der Waals surface area contributed by atoms with Crippen molar-refractivity contribution < 1.29 is 19.5 Å². The van der Waals surface area contributed by atoms with Crippen molar-refractivity contribution in [2.24, 2.45) is 5.92 Å². The number of carbonyl (C=O) groups excluding carboxylic acids is 2. The number of nitrogens with one attached hydrogen (secondary N) is 1. The summed E-state index contributed by atoms with van der Waals surface area (Å²) >= 11 is 3.27. The number of carbonyl (C=O) groups is 2. The van der Waals surface area contributed by atoms with E-state index in [0.29, 0.717) is 5.69 Å². The molecule has 0 bridgehead atoms. The van der Waals surface area contributed by atoms with E-state index in [0.717, 1.165) is 9.54 Å². The molecule has 1 amide bonds. The molecule has 1 aromatic carbocycles. The molecule has 0 radical (unpaired) electrons. The minimum Gasteiger partial charge on any atom is -0.374 e. The van der Waals surface area contributed by atoms with Crippen LogP contribution in [0.5, 0.6) is 0 Å². The normalized spacial score (nSPS) is 23.8. The number of hydrogen-bond donors (Lipinski definition) is 2. The Hall–Kier alpha value is -1.44. The second-order valence-corrected chi connectivity index (χ2v) is 4.76. The molecular formula is C11H11BrN2O4. The number of halogens is 1. The average Bonchev–Trinajstić information content (AvgIpc) is 2.53. The lowest BCUT2D eigenvalue weighted by Gasteiger charge is -2.13. The Bertz CT molecular complexity index is 494. The Kier molecular flexibility index (Phi) is 3.65. The van der Waals surface area contributed by atoms with Crippen LogP contribution < -0.4 is 5.32 Å². The van der Waals surface area contributed by atoms with Crippen LogP contribution in [0.3, 0.4) is 0 Å². The van der Waals surface area contributed by atoms with Crippen LogP contribution in [0.25, 0.3) is 0 Å². The van der Waals surface area contributed by atoms with Crippen molar-refractivity contribution in [1.29, 1.82) is 0 Å². The van der Waals surface area contributed by atoms with Gasteiger partial charge in [-0.25, -0.2) is 4.79 Å². The van der Waals surface area contributed by atoms with Crippen LogP contribution in [-0.2, 0) is 14.4 Å². The molecule has 1 aromatic rings.